The minimum atomic E-state index is -4.54. The number of hydrogen-bond acceptors (Lipinski definition) is 4. The Morgan fingerprint density at radius 3 is 2.39 bits per heavy atom. The van der Waals surface area contributed by atoms with Crippen LogP contribution in [0.3, 0.4) is 0 Å². The SMILES string of the molecule is Cc1cc(C(F)(F)F)ccc1S(=O)(=O)N1CCN(C(=O)c2cccnc2C)[C@@H](C)C1.Cl. The molecule has 2 heterocycles. The van der Waals surface area contributed by atoms with Crippen LogP contribution >= 0.6 is 12.4 Å². The molecule has 0 spiro atoms. The van der Waals surface area contributed by atoms with Gasteiger partial charge in [-0.25, -0.2) is 8.42 Å². The molecule has 2 aromatic rings. The molecule has 0 saturated carbocycles. The molecule has 0 aliphatic carbocycles. The van der Waals surface area contributed by atoms with E-state index in [2.05, 4.69) is 4.98 Å². The number of aromatic nitrogens is 1. The van der Waals surface area contributed by atoms with Crippen molar-refractivity contribution in [2.75, 3.05) is 19.6 Å². The summed E-state index contributed by atoms with van der Waals surface area (Å²) in [5.41, 5.74) is 0.181. The van der Waals surface area contributed by atoms with Gasteiger partial charge in [-0.3, -0.25) is 9.78 Å². The van der Waals surface area contributed by atoms with Crippen LogP contribution in [0, 0.1) is 13.8 Å². The molecule has 1 amide bonds. The molecule has 0 N–H and O–H groups in total. The molecule has 11 heteroatoms. The molecule has 3 rings (SSSR count). The van der Waals surface area contributed by atoms with E-state index in [0.717, 1.165) is 18.2 Å². The zero-order valence-corrected chi connectivity index (χ0v) is 18.8. The van der Waals surface area contributed by atoms with E-state index in [1.165, 1.54) is 11.2 Å². The number of pyridine rings is 1. The van der Waals surface area contributed by atoms with Gasteiger partial charge in [-0.15, -0.1) is 12.4 Å². The van der Waals surface area contributed by atoms with Crippen molar-refractivity contribution in [2.24, 2.45) is 0 Å². The summed E-state index contributed by atoms with van der Waals surface area (Å²) < 4.78 is 66.0. The van der Waals surface area contributed by atoms with Crippen molar-refractivity contribution in [2.45, 2.75) is 37.9 Å². The summed E-state index contributed by atoms with van der Waals surface area (Å²) in [6.07, 6.45) is -2.95. The van der Waals surface area contributed by atoms with Crippen LogP contribution in [0.1, 0.15) is 34.1 Å². The van der Waals surface area contributed by atoms with Gasteiger partial charge in [0, 0.05) is 37.6 Å². The number of halogens is 4. The van der Waals surface area contributed by atoms with Gasteiger partial charge in [-0.05, 0) is 56.7 Å². The highest BCUT2D eigenvalue weighted by Crippen LogP contribution is 2.32. The molecule has 0 unspecified atom stereocenters. The van der Waals surface area contributed by atoms with E-state index in [0.29, 0.717) is 11.3 Å². The zero-order valence-electron chi connectivity index (χ0n) is 17.2. The number of rotatable bonds is 3. The fourth-order valence-corrected chi connectivity index (χ4v) is 5.28. The van der Waals surface area contributed by atoms with Crippen LogP contribution in [0.5, 0.6) is 0 Å². The zero-order chi connectivity index (χ0) is 22.3. The minimum absolute atomic E-state index is 0. The number of nitrogens with zero attached hydrogens (tertiary/aromatic N) is 3. The molecule has 0 bridgehead atoms. The van der Waals surface area contributed by atoms with Gasteiger partial charge in [0.1, 0.15) is 0 Å². The van der Waals surface area contributed by atoms with E-state index < -0.39 is 27.8 Å². The minimum Gasteiger partial charge on any atom is -0.333 e. The molecule has 1 aromatic heterocycles. The number of alkyl halides is 3. The van der Waals surface area contributed by atoms with E-state index >= 15 is 0 Å². The Morgan fingerprint density at radius 1 is 1.16 bits per heavy atom. The van der Waals surface area contributed by atoms with Gasteiger partial charge >= 0.3 is 6.18 Å². The lowest BCUT2D eigenvalue weighted by molar-refractivity contribution is -0.137. The number of carbonyl (C=O) groups is 1. The summed E-state index contributed by atoms with van der Waals surface area (Å²) >= 11 is 0. The Kier molecular flexibility index (Phi) is 7.39. The van der Waals surface area contributed by atoms with E-state index in [-0.39, 0.29) is 48.4 Å². The van der Waals surface area contributed by atoms with E-state index in [1.807, 2.05) is 0 Å². The third-order valence-corrected chi connectivity index (χ3v) is 7.23. The first-order valence-electron chi connectivity index (χ1n) is 9.33. The Bertz CT molecular complexity index is 1080. The molecule has 1 atom stereocenters. The van der Waals surface area contributed by atoms with Crippen LogP contribution < -0.4 is 0 Å². The standard InChI is InChI=1S/C20H22F3N3O3S.ClH/c1-13-11-16(20(21,22)23)6-7-18(13)30(28,29)25-9-10-26(14(2)12-25)19(27)17-5-4-8-24-15(17)3;/h4-8,11,14H,9-10,12H2,1-3H3;1H/t14-;/m0./s1. The smallest absolute Gasteiger partial charge is 0.333 e. The molecule has 6 nitrogen and oxygen atoms in total. The Balaban J connectivity index is 0.00000341. The van der Waals surface area contributed by atoms with Gasteiger partial charge in [-0.1, -0.05) is 0 Å². The van der Waals surface area contributed by atoms with Gasteiger partial charge in [0.05, 0.1) is 16.0 Å². The Hall–Kier alpha value is -2.17. The van der Waals surface area contributed by atoms with Crippen LogP contribution in [-0.4, -0.2) is 54.2 Å². The van der Waals surface area contributed by atoms with Crippen molar-refractivity contribution in [1.82, 2.24) is 14.2 Å². The third-order valence-electron chi connectivity index (χ3n) is 5.21. The first-order chi connectivity index (χ1) is 13.9. The van der Waals surface area contributed by atoms with Crippen molar-refractivity contribution >= 4 is 28.3 Å². The summed E-state index contributed by atoms with van der Waals surface area (Å²) in [5.74, 6) is -0.226. The molecule has 31 heavy (non-hydrogen) atoms. The predicted octanol–water partition coefficient (Wildman–Crippen LogP) is 3.67. The molecular weight excluding hydrogens is 455 g/mol. The second-order valence-electron chi connectivity index (χ2n) is 7.33. The molecule has 1 aliphatic heterocycles. The van der Waals surface area contributed by atoms with Crippen LogP contribution in [0.25, 0.3) is 0 Å². The van der Waals surface area contributed by atoms with Crippen molar-refractivity contribution in [3.8, 4) is 0 Å². The third kappa shape index (κ3) is 5.02. The van der Waals surface area contributed by atoms with Crippen LogP contribution in [0.4, 0.5) is 13.2 Å². The fraction of sp³-hybridized carbons (Fsp3) is 0.400. The number of hydrogen-bond donors (Lipinski definition) is 0. The summed E-state index contributed by atoms with van der Waals surface area (Å²) in [6, 6.07) is 5.53. The first kappa shape index (κ1) is 25.1. The highest BCUT2D eigenvalue weighted by Gasteiger charge is 2.37. The lowest BCUT2D eigenvalue weighted by atomic mass is 10.1. The summed E-state index contributed by atoms with van der Waals surface area (Å²) in [4.78, 5) is 18.4. The predicted molar refractivity (Wildman–Crippen MR) is 112 cm³/mol. The Morgan fingerprint density at radius 2 is 1.84 bits per heavy atom. The number of carbonyl (C=O) groups excluding carboxylic acids is 1. The van der Waals surface area contributed by atoms with Gasteiger partial charge in [0.25, 0.3) is 5.91 Å². The van der Waals surface area contributed by atoms with E-state index in [9.17, 15) is 26.4 Å². The summed E-state index contributed by atoms with van der Waals surface area (Å²) in [5, 5.41) is 0. The van der Waals surface area contributed by atoms with Crippen LogP contribution in [0.15, 0.2) is 41.4 Å². The maximum absolute atomic E-state index is 13.0. The van der Waals surface area contributed by atoms with E-state index in [1.54, 1.807) is 37.1 Å². The quantitative estimate of drug-likeness (QED) is 0.676. The Labute approximate surface area is 185 Å². The normalized spacial score (nSPS) is 17.9. The largest absolute Gasteiger partial charge is 0.416 e. The first-order valence-corrected chi connectivity index (χ1v) is 10.8. The number of benzene rings is 1. The average Bonchev–Trinajstić information content (AvgIpc) is 2.66. The molecule has 0 radical (unpaired) electrons. The maximum atomic E-state index is 13.0. The van der Waals surface area contributed by atoms with Crippen molar-refractivity contribution < 1.29 is 26.4 Å². The maximum Gasteiger partial charge on any atom is 0.416 e. The molecule has 1 aromatic carbocycles. The molecular formula is C20H23ClF3N3O3S. The number of aryl methyl sites for hydroxylation is 2. The topological polar surface area (TPSA) is 70.6 Å². The monoisotopic (exact) mass is 477 g/mol. The molecule has 1 saturated heterocycles. The molecule has 1 aliphatic rings. The number of piperazine rings is 1. The van der Waals surface area contributed by atoms with Gasteiger partial charge in [0.2, 0.25) is 10.0 Å². The second kappa shape index (κ2) is 9.13. The fourth-order valence-electron chi connectivity index (χ4n) is 3.56. The average molecular weight is 478 g/mol. The van der Waals surface area contributed by atoms with E-state index in [4.69, 9.17) is 0 Å². The van der Waals surface area contributed by atoms with Gasteiger partial charge in [-0.2, -0.15) is 17.5 Å². The summed E-state index contributed by atoms with van der Waals surface area (Å²) in [7, 11) is -3.99. The molecule has 170 valence electrons. The van der Waals surface area contributed by atoms with Crippen molar-refractivity contribution in [3.05, 3.63) is 58.9 Å². The highest BCUT2D eigenvalue weighted by atomic mass is 35.5. The second-order valence-corrected chi connectivity index (χ2v) is 9.23. The lowest BCUT2D eigenvalue weighted by Crippen LogP contribution is -2.55. The highest BCUT2D eigenvalue weighted by molar-refractivity contribution is 7.89. The van der Waals surface area contributed by atoms with Crippen LogP contribution in [0.2, 0.25) is 0 Å². The summed E-state index contributed by atoms with van der Waals surface area (Å²) in [6.45, 7) is 5.09. The van der Waals surface area contributed by atoms with Gasteiger partial charge < -0.3 is 4.90 Å². The lowest BCUT2D eigenvalue weighted by Gasteiger charge is -2.39. The van der Waals surface area contributed by atoms with Crippen LogP contribution in [-0.2, 0) is 16.2 Å². The number of amides is 1. The van der Waals surface area contributed by atoms with Crippen molar-refractivity contribution in [3.63, 3.8) is 0 Å². The van der Waals surface area contributed by atoms with Crippen molar-refractivity contribution in [1.29, 1.82) is 0 Å². The number of sulfonamides is 1. The molecule has 1 fully saturated rings. The van der Waals surface area contributed by atoms with Gasteiger partial charge in [0.15, 0.2) is 0 Å².